The summed E-state index contributed by atoms with van der Waals surface area (Å²) >= 11 is 0. The van der Waals surface area contributed by atoms with Crippen molar-refractivity contribution < 1.29 is 23.8 Å². The summed E-state index contributed by atoms with van der Waals surface area (Å²) in [6.07, 6.45) is 0. The molecule has 2 rings (SSSR count). The maximum atomic E-state index is 12.2. The monoisotopic (exact) mass is 329 g/mol. The molecule has 1 amide bonds. The zero-order chi connectivity index (χ0) is 17.5. The molecule has 6 nitrogen and oxygen atoms in total. The molecular weight excluding hydrogens is 310 g/mol. The van der Waals surface area contributed by atoms with E-state index in [1.165, 1.54) is 26.4 Å². The molecule has 0 radical (unpaired) electrons. The molecule has 0 heterocycles. The Bertz CT molecular complexity index is 725. The molecule has 126 valence electrons. The molecule has 0 aromatic heterocycles. The molecule has 0 aliphatic rings. The van der Waals surface area contributed by atoms with Gasteiger partial charge in [-0.05, 0) is 35.9 Å². The number of carbonyl (C=O) groups is 2. The lowest BCUT2D eigenvalue weighted by atomic mass is 10.1. The second-order valence-electron chi connectivity index (χ2n) is 4.93. The molecule has 0 saturated heterocycles. The minimum absolute atomic E-state index is 0.236. The molecule has 0 saturated carbocycles. The maximum absolute atomic E-state index is 12.2. The van der Waals surface area contributed by atoms with Crippen LogP contribution in [0.4, 0.5) is 0 Å². The van der Waals surface area contributed by atoms with E-state index >= 15 is 0 Å². The van der Waals surface area contributed by atoms with Crippen LogP contribution in [0.2, 0.25) is 0 Å². The lowest BCUT2D eigenvalue weighted by Gasteiger charge is -2.09. The third kappa shape index (κ3) is 4.04. The quantitative estimate of drug-likeness (QED) is 0.623. The van der Waals surface area contributed by atoms with Crippen molar-refractivity contribution in [1.82, 2.24) is 5.32 Å². The summed E-state index contributed by atoms with van der Waals surface area (Å²) in [4.78, 5) is 24.2. The van der Waals surface area contributed by atoms with E-state index in [9.17, 15) is 9.59 Å². The maximum Gasteiger partial charge on any atom is 0.292 e. The zero-order valence-corrected chi connectivity index (χ0v) is 13.8. The first kappa shape index (κ1) is 17.3. The fourth-order valence-corrected chi connectivity index (χ4v) is 2.11. The Morgan fingerprint density at radius 3 is 2.12 bits per heavy atom. The van der Waals surface area contributed by atoms with Crippen LogP contribution in [0.15, 0.2) is 42.5 Å². The Kier molecular flexibility index (Phi) is 5.78. The first-order valence-electron chi connectivity index (χ1n) is 7.26. The second-order valence-corrected chi connectivity index (χ2v) is 4.93. The van der Waals surface area contributed by atoms with E-state index in [1.807, 2.05) is 12.1 Å². The van der Waals surface area contributed by atoms with Gasteiger partial charge in [-0.15, -0.1) is 0 Å². The number of ketones is 1. The van der Waals surface area contributed by atoms with Gasteiger partial charge >= 0.3 is 0 Å². The van der Waals surface area contributed by atoms with Crippen LogP contribution in [0.5, 0.6) is 17.2 Å². The van der Waals surface area contributed by atoms with Crippen LogP contribution < -0.4 is 19.5 Å². The minimum atomic E-state index is -0.682. The topological polar surface area (TPSA) is 73.9 Å². The summed E-state index contributed by atoms with van der Waals surface area (Å²) < 4.78 is 15.3. The van der Waals surface area contributed by atoms with Crippen LogP contribution >= 0.6 is 0 Å². The van der Waals surface area contributed by atoms with Crippen molar-refractivity contribution in [3.8, 4) is 17.2 Å². The zero-order valence-electron chi connectivity index (χ0n) is 13.8. The summed E-state index contributed by atoms with van der Waals surface area (Å²) in [6.45, 7) is 0.252. The lowest BCUT2D eigenvalue weighted by molar-refractivity contribution is -0.117. The normalized spacial score (nSPS) is 9.96. The first-order valence-corrected chi connectivity index (χ1v) is 7.26. The third-order valence-electron chi connectivity index (χ3n) is 3.46. The molecule has 1 N–H and O–H groups in total. The average molecular weight is 329 g/mol. The van der Waals surface area contributed by atoms with Crippen molar-refractivity contribution in [2.24, 2.45) is 0 Å². The minimum Gasteiger partial charge on any atom is -0.497 e. The van der Waals surface area contributed by atoms with E-state index in [0.29, 0.717) is 11.5 Å². The van der Waals surface area contributed by atoms with Crippen molar-refractivity contribution in [3.63, 3.8) is 0 Å². The molecule has 0 bridgehead atoms. The number of hydrogen-bond acceptors (Lipinski definition) is 5. The Balaban J connectivity index is 2.02. The van der Waals surface area contributed by atoms with E-state index in [4.69, 9.17) is 14.2 Å². The highest BCUT2D eigenvalue weighted by atomic mass is 16.5. The van der Waals surface area contributed by atoms with E-state index in [2.05, 4.69) is 5.32 Å². The number of Topliss-reactive ketones (excluding diaryl/α,β-unsaturated/α-hetero) is 1. The Morgan fingerprint density at radius 2 is 1.54 bits per heavy atom. The number of carbonyl (C=O) groups excluding carboxylic acids is 2. The van der Waals surface area contributed by atoms with E-state index in [-0.39, 0.29) is 12.1 Å². The van der Waals surface area contributed by atoms with E-state index in [0.717, 1.165) is 11.3 Å². The molecule has 2 aromatic carbocycles. The number of hydrogen-bond donors (Lipinski definition) is 1. The number of benzene rings is 2. The van der Waals surface area contributed by atoms with Crippen LogP contribution in [0, 0.1) is 0 Å². The molecule has 0 aliphatic carbocycles. The highest BCUT2D eigenvalue weighted by Crippen LogP contribution is 2.27. The predicted octanol–water partition coefficient (Wildman–Crippen LogP) is 2.21. The summed E-state index contributed by atoms with van der Waals surface area (Å²) in [5, 5.41) is 2.60. The van der Waals surface area contributed by atoms with Gasteiger partial charge in [0.25, 0.3) is 5.91 Å². The third-order valence-corrected chi connectivity index (χ3v) is 3.46. The average Bonchev–Trinajstić information content (AvgIpc) is 2.65. The van der Waals surface area contributed by atoms with E-state index < -0.39 is 11.7 Å². The molecular formula is C18H19NO5. The Hall–Kier alpha value is -3.02. The van der Waals surface area contributed by atoms with Crippen molar-refractivity contribution in [1.29, 1.82) is 0 Å². The molecule has 2 aromatic rings. The molecule has 24 heavy (non-hydrogen) atoms. The van der Waals surface area contributed by atoms with Crippen LogP contribution in [0.1, 0.15) is 15.9 Å². The fraction of sp³-hybridized carbons (Fsp3) is 0.222. The molecule has 6 heteroatoms. The second kappa shape index (κ2) is 8.01. The molecule has 0 spiro atoms. The fourth-order valence-electron chi connectivity index (χ4n) is 2.11. The molecule has 0 atom stereocenters. The van der Waals surface area contributed by atoms with Gasteiger partial charge in [0.15, 0.2) is 11.5 Å². The van der Waals surface area contributed by atoms with Gasteiger partial charge in [-0.3, -0.25) is 9.59 Å². The van der Waals surface area contributed by atoms with Gasteiger partial charge in [0.05, 0.1) is 21.3 Å². The van der Waals surface area contributed by atoms with E-state index in [1.54, 1.807) is 25.3 Å². The largest absolute Gasteiger partial charge is 0.497 e. The highest BCUT2D eigenvalue weighted by molar-refractivity contribution is 6.42. The van der Waals surface area contributed by atoms with Crippen molar-refractivity contribution in [3.05, 3.63) is 53.6 Å². The smallest absolute Gasteiger partial charge is 0.292 e. The predicted molar refractivity (Wildman–Crippen MR) is 88.7 cm³/mol. The van der Waals surface area contributed by atoms with Crippen LogP contribution in [-0.2, 0) is 11.3 Å². The van der Waals surface area contributed by atoms with Crippen LogP contribution in [0.3, 0.4) is 0 Å². The summed E-state index contributed by atoms with van der Waals surface area (Å²) in [6, 6.07) is 11.8. The number of ether oxygens (including phenoxy) is 3. The molecule has 0 unspecified atom stereocenters. The highest BCUT2D eigenvalue weighted by Gasteiger charge is 2.18. The van der Waals surface area contributed by atoms with Gasteiger partial charge in [-0.25, -0.2) is 0 Å². The Morgan fingerprint density at radius 1 is 0.875 bits per heavy atom. The number of nitrogens with one attached hydrogen (secondary N) is 1. The molecule has 0 fully saturated rings. The van der Waals surface area contributed by atoms with Gasteiger partial charge in [0, 0.05) is 12.1 Å². The standard InChI is InChI=1S/C18H19NO5/c1-22-14-7-4-12(5-8-14)11-19-18(21)17(20)13-6-9-15(23-2)16(10-13)24-3/h4-10H,11H2,1-3H3,(H,19,21). The Labute approximate surface area is 140 Å². The van der Waals surface area contributed by atoms with Gasteiger partial charge in [-0.2, -0.15) is 0 Å². The van der Waals surface area contributed by atoms with Crippen molar-refractivity contribution in [2.45, 2.75) is 6.54 Å². The van der Waals surface area contributed by atoms with Crippen LogP contribution in [-0.4, -0.2) is 33.0 Å². The molecule has 0 aliphatic heterocycles. The number of methoxy groups -OCH3 is 3. The van der Waals surface area contributed by atoms with Gasteiger partial charge in [0.2, 0.25) is 5.78 Å². The SMILES string of the molecule is COc1ccc(CNC(=O)C(=O)c2ccc(OC)c(OC)c2)cc1. The van der Waals surface area contributed by atoms with Gasteiger partial charge in [0.1, 0.15) is 5.75 Å². The first-order chi connectivity index (χ1) is 11.6. The van der Waals surface area contributed by atoms with Crippen molar-refractivity contribution >= 4 is 11.7 Å². The lowest BCUT2D eigenvalue weighted by Crippen LogP contribution is -2.30. The summed E-state index contributed by atoms with van der Waals surface area (Å²) in [5.74, 6) is 0.299. The van der Waals surface area contributed by atoms with Gasteiger partial charge in [-0.1, -0.05) is 12.1 Å². The summed E-state index contributed by atoms with van der Waals surface area (Å²) in [7, 11) is 4.55. The number of rotatable bonds is 7. The van der Waals surface area contributed by atoms with Crippen LogP contribution in [0.25, 0.3) is 0 Å². The number of amides is 1. The van der Waals surface area contributed by atoms with Gasteiger partial charge < -0.3 is 19.5 Å². The van der Waals surface area contributed by atoms with Crippen molar-refractivity contribution in [2.75, 3.05) is 21.3 Å². The summed E-state index contributed by atoms with van der Waals surface area (Å²) in [5.41, 5.74) is 1.10.